The van der Waals surface area contributed by atoms with Crippen molar-refractivity contribution in [3.8, 4) is 44.5 Å². The highest BCUT2D eigenvalue weighted by Gasteiger charge is 2.18. The van der Waals surface area contributed by atoms with Gasteiger partial charge >= 0.3 is 0 Å². The molecule has 0 N–H and O–H groups in total. The Labute approximate surface area is 322 Å². The Morgan fingerprint density at radius 3 is 1.49 bits per heavy atom. The molecule has 10 aromatic rings. The second-order valence-electron chi connectivity index (χ2n) is 14.1. The Morgan fingerprint density at radius 2 is 0.745 bits per heavy atom. The van der Waals surface area contributed by atoms with Crippen molar-refractivity contribution < 1.29 is 0 Å². The standard InChI is InChI=1S/C54H37N/c1-4-13-38(14-5-1)44-28-33-52-45(35-44)20-12-22-49(52)42-25-29-46(30-26-42)55(47-31-27-43-24-23-41-19-10-11-21-50(41)54(43)36-47)48-32-34-51(39-15-6-2-7-16-39)53(37-48)40-17-8-3-9-18-40/h1-37H. The van der Waals surface area contributed by atoms with Gasteiger partial charge in [-0.25, -0.2) is 0 Å². The lowest BCUT2D eigenvalue weighted by Gasteiger charge is -2.27. The lowest BCUT2D eigenvalue weighted by molar-refractivity contribution is 1.29. The van der Waals surface area contributed by atoms with Crippen molar-refractivity contribution in [1.82, 2.24) is 0 Å². The molecule has 0 fully saturated rings. The molecule has 10 aromatic carbocycles. The van der Waals surface area contributed by atoms with Crippen LogP contribution in [-0.4, -0.2) is 0 Å². The maximum atomic E-state index is 2.40. The summed E-state index contributed by atoms with van der Waals surface area (Å²) in [6, 6.07) is 81.5. The molecule has 0 heterocycles. The topological polar surface area (TPSA) is 3.24 Å². The average Bonchev–Trinajstić information content (AvgIpc) is 3.27. The maximum Gasteiger partial charge on any atom is 0.0468 e. The summed E-state index contributed by atoms with van der Waals surface area (Å²) in [5.74, 6) is 0. The predicted molar refractivity (Wildman–Crippen MR) is 235 cm³/mol. The Bertz CT molecular complexity index is 2950. The van der Waals surface area contributed by atoms with E-state index in [-0.39, 0.29) is 0 Å². The molecule has 0 bridgehead atoms. The molecule has 0 amide bonds. The molecule has 0 aliphatic heterocycles. The zero-order valence-electron chi connectivity index (χ0n) is 30.3. The van der Waals surface area contributed by atoms with E-state index in [1.54, 1.807) is 0 Å². The summed E-state index contributed by atoms with van der Waals surface area (Å²) in [6.45, 7) is 0. The van der Waals surface area contributed by atoms with Crippen LogP contribution in [0.2, 0.25) is 0 Å². The largest absolute Gasteiger partial charge is 0.310 e. The van der Waals surface area contributed by atoms with Crippen LogP contribution in [-0.2, 0) is 0 Å². The van der Waals surface area contributed by atoms with Gasteiger partial charge in [-0.05, 0) is 119 Å². The van der Waals surface area contributed by atoms with Gasteiger partial charge in [0.15, 0.2) is 0 Å². The number of hydrogen-bond donors (Lipinski definition) is 0. The van der Waals surface area contributed by atoms with Crippen LogP contribution in [0.5, 0.6) is 0 Å². The number of nitrogens with zero attached hydrogens (tertiary/aromatic N) is 1. The molecule has 1 nitrogen and oxygen atoms in total. The highest BCUT2D eigenvalue weighted by molar-refractivity contribution is 6.09. The van der Waals surface area contributed by atoms with Crippen molar-refractivity contribution >= 4 is 49.4 Å². The van der Waals surface area contributed by atoms with Crippen molar-refractivity contribution in [2.45, 2.75) is 0 Å². The van der Waals surface area contributed by atoms with Gasteiger partial charge in [-0.3, -0.25) is 0 Å². The fraction of sp³-hybridized carbons (Fsp3) is 0. The number of hydrogen-bond acceptors (Lipinski definition) is 1. The van der Waals surface area contributed by atoms with Crippen LogP contribution in [0.3, 0.4) is 0 Å². The zero-order valence-corrected chi connectivity index (χ0v) is 30.3. The summed E-state index contributed by atoms with van der Waals surface area (Å²) in [5, 5.41) is 7.46. The van der Waals surface area contributed by atoms with Crippen LogP contribution in [0.4, 0.5) is 17.1 Å². The van der Waals surface area contributed by atoms with Gasteiger partial charge in [0.1, 0.15) is 0 Å². The van der Waals surface area contributed by atoms with Crippen LogP contribution in [0.15, 0.2) is 224 Å². The quantitative estimate of drug-likeness (QED) is 0.150. The fourth-order valence-corrected chi connectivity index (χ4v) is 8.11. The molecule has 1 heteroatoms. The Hall–Kier alpha value is -7.22. The van der Waals surface area contributed by atoms with Crippen LogP contribution in [0.1, 0.15) is 0 Å². The molecule has 0 saturated carbocycles. The van der Waals surface area contributed by atoms with Crippen molar-refractivity contribution in [3.05, 3.63) is 224 Å². The van der Waals surface area contributed by atoms with E-state index in [1.807, 2.05) is 0 Å². The van der Waals surface area contributed by atoms with E-state index in [2.05, 4.69) is 229 Å². The molecule has 0 aromatic heterocycles. The van der Waals surface area contributed by atoms with Crippen LogP contribution >= 0.6 is 0 Å². The van der Waals surface area contributed by atoms with E-state index < -0.39 is 0 Å². The van der Waals surface area contributed by atoms with Crippen LogP contribution in [0, 0.1) is 0 Å². The van der Waals surface area contributed by atoms with E-state index >= 15 is 0 Å². The highest BCUT2D eigenvalue weighted by atomic mass is 15.1. The first-order valence-electron chi connectivity index (χ1n) is 18.9. The summed E-state index contributed by atoms with van der Waals surface area (Å²) in [4.78, 5) is 2.40. The lowest BCUT2D eigenvalue weighted by atomic mass is 9.93. The second-order valence-corrected chi connectivity index (χ2v) is 14.1. The molecule has 0 unspecified atom stereocenters. The Balaban J connectivity index is 1.13. The molecular formula is C54H37N. The molecule has 0 aliphatic rings. The second kappa shape index (κ2) is 14.0. The predicted octanol–water partition coefficient (Wildman–Crippen LogP) is 15.3. The van der Waals surface area contributed by atoms with Gasteiger partial charge < -0.3 is 4.90 Å². The maximum absolute atomic E-state index is 2.40. The SMILES string of the molecule is c1ccc(-c2ccc3c(-c4ccc(N(c5ccc(-c6ccccc6)c(-c6ccccc6)c5)c5ccc6ccc7ccccc7c6c5)cc4)cccc3c2)cc1. The summed E-state index contributed by atoms with van der Waals surface area (Å²) >= 11 is 0. The van der Waals surface area contributed by atoms with Gasteiger partial charge in [0.05, 0.1) is 0 Å². The third-order valence-electron chi connectivity index (χ3n) is 10.8. The van der Waals surface area contributed by atoms with Crippen LogP contribution in [0.25, 0.3) is 76.8 Å². The molecule has 0 saturated heterocycles. The van der Waals surface area contributed by atoms with E-state index in [0.717, 1.165) is 17.1 Å². The average molecular weight is 700 g/mol. The number of fused-ring (bicyclic) bond motifs is 4. The minimum atomic E-state index is 1.10. The van der Waals surface area contributed by atoms with E-state index in [0.29, 0.717) is 0 Å². The van der Waals surface area contributed by atoms with Crippen molar-refractivity contribution in [2.24, 2.45) is 0 Å². The van der Waals surface area contributed by atoms with Gasteiger partial charge in [0, 0.05) is 17.1 Å². The minimum Gasteiger partial charge on any atom is -0.310 e. The molecule has 55 heavy (non-hydrogen) atoms. The molecule has 258 valence electrons. The van der Waals surface area contributed by atoms with Gasteiger partial charge in [-0.15, -0.1) is 0 Å². The Kier molecular flexibility index (Phi) is 8.24. The Morgan fingerprint density at radius 1 is 0.218 bits per heavy atom. The summed E-state index contributed by atoms with van der Waals surface area (Å²) in [5.41, 5.74) is 13.0. The van der Waals surface area contributed by atoms with Crippen molar-refractivity contribution in [3.63, 3.8) is 0 Å². The molecule has 10 rings (SSSR count). The van der Waals surface area contributed by atoms with Crippen LogP contribution < -0.4 is 4.90 Å². The smallest absolute Gasteiger partial charge is 0.0468 e. The molecule has 0 radical (unpaired) electrons. The molecule has 0 spiro atoms. The molecular weight excluding hydrogens is 663 g/mol. The first kappa shape index (κ1) is 32.4. The summed E-state index contributed by atoms with van der Waals surface area (Å²) < 4.78 is 0. The lowest BCUT2D eigenvalue weighted by Crippen LogP contribution is -2.10. The number of benzene rings is 10. The molecule has 0 atom stereocenters. The molecule has 0 aliphatic carbocycles. The van der Waals surface area contributed by atoms with Gasteiger partial charge in [0.25, 0.3) is 0 Å². The summed E-state index contributed by atoms with van der Waals surface area (Å²) in [6.07, 6.45) is 0. The zero-order chi connectivity index (χ0) is 36.6. The van der Waals surface area contributed by atoms with E-state index in [1.165, 1.54) is 76.8 Å². The van der Waals surface area contributed by atoms with Crippen molar-refractivity contribution in [1.29, 1.82) is 0 Å². The van der Waals surface area contributed by atoms with Gasteiger partial charge in [-0.2, -0.15) is 0 Å². The van der Waals surface area contributed by atoms with Crippen molar-refractivity contribution in [2.75, 3.05) is 4.90 Å². The minimum absolute atomic E-state index is 1.10. The first-order chi connectivity index (χ1) is 27.3. The normalized spacial score (nSPS) is 11.3. The third kappa shape index (κ3) is 6.12. The van der Waals surface area contributed by atoms with E-state index in [9.17, 15) is 0 Å². The number of rotatable bonds is 7. The van der Waals surface area contributed by atoms with E-state index in [4.69, 9.17) is 0 Å². The van der Waals surface area contributed by atoms with Gasteiger partial charge in [-0.1, -0.05) is 182 Å². The number of anilines is 3. The van der Waals surface area contributed by atoms with Gasteiger partial charge in [0.2, 0.25) is 0 Å². The summed E-state index contributed by atoms with van der Waals surface area (Å²) in [7, 11) is 0. The fourth-order valence-electron chi connectivity index (χ4n) is 8.11. The first-order valence-corrected chi connectivity index (χ1v) is 18.9. The highest BCUT2D eigenvalue weighted by Crippen LogP contribution is 2.43. The third-order valence-corrected chi connectivity index (χ3v) is 10.8. The monoisotopic (exact) mass is 699 g/mol.